The fraction of sp³-hybridized carbons (Fsp3) is 0.400. The summed E-state index contributed by atoms with van der Waals surface area (Å²) in [6.07, 6.45) is 0.570. The van der Waals surface area contributed by atoms with Crippen LogP contribution in [0.4, 0.5) is 0 Å². The van der Waals surface area contributed by atoms with Crippen LogP contribution >= 0.6 is 0 Å². The highest BCUT2D eigenvalue weighted by Gasteiger charge is 2.31. The lowest BCUT2D eigenvalue weighted by Crippen LogP contribution is -2.16. The molecule has 1 aromatic heterocycles. The van der Waals surface area contributed by atoms with E-state index in [9.17, 15) is 18.0 Å². The molecule has 27 heavy (non-hydrogen) atoms. The highest BCUT2D eigenvalue weighted by atomic mass is 32.2. The fourth-order valence-corrected chi connectivity index (χ4v) is 5.33. The highest BCUT2D eigenvalue weighted by molar-refractivity contribution is 7.91. The summed E-state index contributed by atoms with van der Waals surface area (Å²) < 4.78 is 31.1. The minimum atomic E-state index is -3.00. The lowest BCUT2D eigenvalue weighted by molar-refractivity contribution is 0.0920. The summed E-state index contributed by atoms with van der Waals surface area (Å²) in [5, 5.41) is 0. The molecule has 0 aliphatic carbocycles. The molecule has 0 amide bonds. The third-order valence-electron chi connectivity index (χ3n) is 4.97. The summed E-state index contributed by atoms with van der Waals surface area (Å²) in [5.41, 5.74) is 2.71. The molecule has 1 aliphatic heterocycles. The van der Waals surface area contributed by atoms with Crippen LogP contribution in [0.15, 0.2) is 30.3 Å². The molecule has 1 aromatic carbocycles. The average Bonchev–Trinajstić information content (AvgIpc) is 3.11. The Morgan fingerprint density at radius 1 is 1.22 bits per heavy atom. The van der Waals surface area contributed by atoms with E-state index in [4.69, 9.17) is 4.74 Å². The van der Waals surface area contributed by atoms with Crippen LogP contribution in [0.3, 0.4) is 0 Å². The lowest BCUT2D eigenvalue weighted by atomic mass is 10.1. The monoisotopic (exact) mass is 389 g/mol. The van der Waals surface area contributed by atoms with Gasteiger partial charge in [0.1, 0.15) is 5.75 Å². The molecule has 1 atom stereocenters. The van der Waals surface area contributed by atoms with Gasteiger partial charge in [0.2, 0.25) is 5.78 Å². The van der Waals surface area contributed by atoms with Crippen molar-refractivity contribution < 1.29 is 22.7 Å². The van der Waals surface area contributed by atoms with E-state index in [0.717, 1.165) is 11.4 Å². The zero-order valence-electron chi connectivity index (χ0n) is 15.7. The molecule has 0 radical (unpaired) electrons. The van der Waals surface area contributed by atoms with Crippen LogP contribution < -0.4 is 4.74 Å². The van der Waals surface area contributed by atoms with E-state index in [0.29, 0.717) is 23.3 Å². The third-order valence-corrected chi connectivity index (χ3v) is 6.72. The van der Waals surface area contributed by atoms with Crippen LogP contribution in [0.1, 0.15) is 51.5 Å². The third kappa shape index (κ3) is 4.13. The Bertz CT molecular complexity index is 1000. The standard InChI is InChI=1S/C20H23NO5S/c1-13-9-19(14(2)21(13)17-7-8-27(24,25)12-17)20(23)11-26-18-6-4-5-16(10-18)15(3)22/h4-6,9-10,17H,7-8,11-12H2,1-3H3/t17-/m0/s1. The molecule has 1 aliphatic rings. The maximum Gasteiger partial charge on any atom is 0.202 e. The van der Waals surface area contributed by atoms with Gasteiger partial charge in [0.25, 0.3) is 0 Å². The molecule has 3 rings (SSSR count). The first kappa shape index (κ1) is 19.4. The van der Waals surface area contributed by atoms with E-state index in [1.165, 1.54) is 6.92 Å². The van der Waals surface area contributed by atoms with Gasteiger partial charge in [-0.25, -0.2) is 8.42 Å². The molecule has 1 saturated heterocycles. The number of rotatable bonds is 6. The smallest absolute Gasteiger partial charge is 0.202 e. The fourth-order valence-electron chi connectivity index (χ4n) is 3.63. The van der Waals surface area contributed by atoms with Gasteiger partial charge in [-0.2, -0.15) is 0 Å². The first-order valence-electron chi connectivity index (χ1n) is 8.84. The van der Waals surface area contributed by atoms with Crippen molar-refractivity contribution in [3.05, 3.63) is 52.8 Å². The van der Waals surface area contributed by atoms with Gasteiger partial charge >= 0.3 is 0 Å². The number of nitrogens with zero attached hydrogens (tertiary/aromatic N) is 1. The van der Waals surface area contributed by atoms with E-state index < -0.39 is 9.84 Å². The van der Waals surface area contributed by atoms with E-state index in [1.807, 2.05) is 18.4 Å². The molecule has 0 unspecified atom stereocenters. The molecule has 1 fully saturated rings. The molecule has 0 spiro atoms. The normalized spacial score (nSPS) is 18.4. The number of sulfone groups is 1. The number of benzene rings is 1. The number of carbonyl (C=O) groups is 2. The van der Waals surface area contributed by atoms with Gasteiger partial charge in [-0.3, -0.25) is 9.59 Å². The minimum Gasteiger partial charge on any atom is -0.485 e. The largest absolute Gasteiger partial charge is 0.485 e. The van der Waals surface area contributed by atoms with Crippen LogP contribution in [-0.4, -0.2) is 42.7 Å². The summed E-state index contributed by atoms with van der Waals surface area (Å²) >= 11 is 0. The van der Waals surface area contributed by atoms with Crippen molar-refractivity contribution in [3.8, 4) is 5.75 Å². The molecule has 0 saturated carbocycles. The Labute approximate surface area is 159 Å². The van der Waals surface area contributed by atoms with Crippen LogP contribution in [0, 0.1) is 13.8 Å². The Balaban J connectivity index is 1.75. The topological polar surface area (TPSA) is 82.4 Å². The van der Waals surface area contributed by atoms with Crippen molar-refractivity contribution in [1.29, 1.82) is 0 Å². The summed E-state index contributed by atoms with van der Waals surface area (Å²) in [6.45, 7) is 5.05. The van der Waals surface area contributed by atoms with Crippen molar-refractivity contribution in [3.63, 3.8) is 0 Å². The van der Waals surface area contributed by atoms with E-state index in [1.54, 1.807) is 30.3 Å². The van der Waals surface area contributed by atoms with Crippen molar-refractivity contribution in [2.45, 2.75) is 33.2 Å². The highest BCUT2D eigenvalue weighted by Crippen LogP contribution is 2.29. The van der Waals surface area contributed by atoms with E-state index >= 15 is 0 Å². The first-order chi connectivity index (χ1) is 12.7. The number of ketones is 2. The van der Waals surface area contributed by atoms with Crippen molar-refractivity contribution >= 4 is 21.4 Å². The summed E-state index contributed by atoms with van der Waals surface area (Å²) in [7, 11) is -3.00. The van der Waals surface area contributed by atoms with Gasteiger partial charge in [0.05, 0.1) is 11.5 Å². The number of aromatic nitrogens is 1. The Hall–Kier alpha value is -2.41. The molecular formula is C20H23NO5S. The molecule has 7 heteroatoms. The number of ether oxygens (including phenoxy) is 1. The Morgan fingerprint density at radius 3 is 2.59 bits per heavy atom. The SMILES string of the molecule is CC(=O)c1cccc(OCC(=O)c2cc(C)n([C@H]3CCS(=O)(=O)C3)c2C)c1. The van der Waals surface area contributed by atoms with Gasteiger partial charge in [-0.05, 0) is 45.4 Å². The van der Waals surface area contributed by atoms with Crippen molar-refractivity contribution in [2.24, 2.45) is 0 Å². The quantitative estimate of drug-likeness (QED) is 0.710. The maximum absolute atomic E-state index is 12.6. The van der Waals surface area contributed by atoms with Gasteiger partial charge < -0.3 is 9.30 Å². The van der Waals surface area contributed by atoms with Crippen LogP contribution in [-0.2, 0) is 9.84 Å². The summed E-state index contributed by atoms with van der Waals surface area (Å²) in [5.74, 6) is 0.524. The Morgan fingerprint density at radius 2 is 1.96 bits per heavy atom. The van der Waals surface area contributed by atoms with Crippen molar-refractivity contribution in [2.75, 3.05) is 18.1 Å². The number of carbonyl (C=O) groups excluding carboxylic acids is 2. The van der Waals surface area contributed by atoms with Gasteiger partial charge in [-0.15, -0.1) is 0 Å². The summed E-state index contributed by atoms with van der Waals surface area (Å²) in [6, 6.07) is 8.39. The second kappa shape index (κ2) is 7.31. The second-order valence-corrected chi connectivity index (χ2v) is 9.24. The number of Topliss-reactive ketones (excluding diaryl/α,β-unsaturated/α-hetero) is 2. The van der Waals surface area contributed by atoms with Crippen LogP contribution in [0.2, 0.25) is 0 Å². The number of hydrogen-bond acceptors (Lipinski definition) is 5. The number of hydrogen-bond donors (Lipinski definition) is 0. The van der Waals surface area contributed by atoms with Gasteiger partial charge in [-0.1, -0.05) is 12.1 Å². The summed E-state index contributed by atoms with van der Waals surface area (Å²) in [4.78, 5) is 24.1. The molecule has 144 valence electrons. The molecule has 6 nitrogen and oxygen atoms in total. The lowest BCUT2D eigenvalue weighted by Gasteiger charge is -2.16. The predicted octanol–water partition coefficient (Wildman–Crippen LogP) is 2.93. The van der Waals surface area contributed by atoms with E-state index in [-0.39, 0.29) is 35.7 Å². The van der Waals surface area contributed by atoms with Gasteiger partial charge in [0.15, 0.2) is 22.2 Å². The zero-order chi connectivity index (χ0) is 19.8. The van der Waals surface area contributed by atoms with Gasteiger partial charge in [0, 0.05) is 28.6 Å². The molecule has 0 bridgehead atoms. The molecular weight excluding hydrogens is 366 g/mol. The van der Waals surface area contributed by atoms with Crippen LogP contribution in [0.5, 0.6) is 5.75 Å². The molecule has 2 aromatic rings. The second-order valence-electron chi connectivity index (χ2n) is 7.01. The zero-order valence-corrected chi connectivity index (χ0v) is 16.5. The van der Waals surface area contributed by atoms with E-state index in [2.05, 4.69) is 0 Å². The first-order valence-corrected chi connectivity index (χ1v) is 10.7. The molecule has 2 heterocycles. The van der Waals surface area contributed by atoms with Crippen molar-refractivity contribution in [1.82, 2.24) is 4.57 Å². The van der Waals surface area contributed by atoms with Crippen LogP contribution in [0.25, 0.3) is 0 Å². The minimum absolute atomic E-state index is 0.0677. The maximum atomic E-state index is 12.6. The predicted molar refractivity (Wildman–Crippen MR) is 102 cm³/mol. The Kier molecular flexibility index (Phi) is 5.24. The number of aryl methyl sites for hydroxylation is 1. The molecule has 0 N–H and O–H groups in total. The average molecular weight is 389 g/mol.